The number of carbonyl (C=O) groups is 1. The normalized spacial score (nSPS) is 10.7. The summed E-state index contributed by atoms with van der Waals surface area (Å²) in [5.41, 5.74) is 4.99. The van der Waals surface area contributed by atoms with Gasteiger partial charge in [0.2, 0.25) is 5.91 Å². The Hall–Kier alpha value is -0.610. The summed E-state index contributed by atoms with van der Waals surface area (Å²) in [7, 11) is 0. The van der Waals surface area contributed by atoms with Gasteiger partial charge in [0.05, 0.1) is 32.2 Å². The first-order valence-corrected chi connectivity index (χ1v) is 4.84. The van der Waals surface area contributed by atoms with E-state index in [1.807, 2.05) is 13.8 Å². The number of hydrogen-bond acceptors (Lipinski definition) is 2. The van der Waals surface area contributed by atoms with Gasteiger partial charge in [0.25, 0.3) is 0 Å². The van der Waals surface area contributed by atoms with Crippen molar-refractivity contribution in [2.75, 3.05) is 19.7 Å². The highest BCUT2D eigenvalue weighted by Gasteiger charge is 1.97. The summed E-state index contributed by atoms with van der Waals surface area (Å²) < 4.78 is 5.36. The van der Waals surface area contributed by atoms with E-state index < -0.39 is 0 Å². The Morgan fingerprint density at radius 3 is 2.69 bits per heavy atom. The summed E-state index contributed by atoms with van der Waals surface area (Å²) in [6.45, 7) is 6.63. The molecule has 0 aromatic carbocycles. The first kappa shape index (κ1) is 12.4. The first-order valence-electron chi connectivity index (χ1n) is 4.84. The highest BCUT2D eigenvalue weighted by atomic mass is 16.5. The summed E-state index contributed by atoms with van der Waals surface area (Å²) in [5, 5.41) is 2.09. The van der Waals surface area contributed by atoms with Crippen molar-refractivity contribution in [2.45, 2.75) is 32.8 Å². The van der Waals surface area contributed by atoms with Crippen LogP contribution in [0.4, 0.5) is 0 Å². The smallest absolute Gasteiger partial charge is 0.223 e. The number of hydrogen-bond donors (Lipinski definition) is 2. The van der Waals surface area contributed by atoms with Crippen LogP contribution in [0.3, 0.4) is 0 Å². The minimum atomic E-state index is -0.227. The molecule has 0 aromatic rings. The number of primary amides is 1. The van der Waals surface area contributed by atoms with Gasteiger partial charge in [0, 0.05) is 6.42 Å². The van der Waals surface area contributed by atoms with Gasteiger partial charge in [-0.2, -0.15) is 0 Å². The quantitative estimate of drug-likeness (QED) is 0.493. The lowest BCUT2D eigenvalue weighted by atomic mass is 10.4. The lowest BCUT2D eigenvalue weighted by Gasteiger charge is -2.06. The lowest BCUT2D eigenvalue weighted by molar-refractivity contribution is -0.654. The molecule has 0 aromatic heterocycles. The van der Waals surface area contributed by atoms with E-state index in [1.54, 1.807) is 0 Å². The van der Waals surface area contributed by atoms with Gasteiger partial charge in [-0.15, -0.1) is 0 Å². The van der Waals surface area contributed by atoms with Crippen LogP contribution in [0.2, 0.25) is 0 Å². The maximum atomic E-state index is 10.4. The first-order chi connectivity index (χ1) is 6.13. The van der Waals surface area contributed by atoms with Crippen molar-refractivity contribution < 1.29 is 14.8 Å². The second kappa shape index (κ2) is 8.01. The van der Waals surface area contributed by atoms with E-state index in [9.17, 15) is 4.79 Å². The number of quaternary nitrogens is 1. The lowest BCUT2D eigenvalue weighted by Crippen LogP contribution is -2.84. The van der Waals surface area contributed by atoms with Crippen LogP contribution in [0, 0.1) is 0 Å². The number of carbonyl (C=O) groups excluding carboxylic acids is 1. The van der Waals surface area contributed by atoms with Gasteiger partial charge in [0.15, 0.2) is 0 Å². The van der Waals surface area contributed by atoms with E-state index in [0.717, 1.165) is 26.1 Å². The highest BCUT2D eigenvalue weighted by molar-refractivity contribution is 5.73. The van der Waals surface area contributed by atoms with Gasteiger partial charge < -0.3 is 15.8 Å². The predicted octanol–water partition coefficient (Wildman–Crippen LogP) is -0.760. The van der Waals surface area contributed by atoms with Crippen molar-refractivity contribution >= 4 is 5.91 Å². The molecule has 4 heteroatoms. The van der Waals surface area contributed by atoms with E-state index in [0.29, 0.717) is 12.5 Å². The maximum absolute atomic E-state index is 10.4. The number of amides is 1. The average Bonchev–Trinajstić information content (AvgIpc) is 2.01. The van der Waals surface area contributed by atoms with E-state index in [2.05, 4.69) is 5.32 Å². The summed E-state index contributed by atoms with van der Waals surface area (Å²) in [4.78, 5) is 10.4. The molecule has 0 saturated carbocycles. The minimum absolute atomic E-state index is 0.227. The summed E-state index contributed by atoms with van der Waals surface area (Å²) in [6.07, 6.45) is 1.80. The van der Waals surface area contributed by atoms with Crippen molar-refractivity contribution in [3.05, 3.63) is 0 Å². The third-order valence-corrected chi connectivity index (χ3v) is 1.60. The maximum Gasteiger partial charge on any atom is 0.223 e. The number of ether oxygens (including phenoxy) is 1. The monoisotopic (exact) mass is 189 g/mol. The molecule has 0 unspecified atom stereocenters. The van der Waals surface area contributed by atoms with Crippen molar-refractivity contribution in [1.29, 1.82) is 0 Å². The molecule has 4 nitrogen and oxygen atoms in total. The molecule has 0 fully saturated rings. The Bertz CT molecular complexity index is 138. The molecule has 0 atom stereocenters. The largest absolute Gasteiger partial charge is 0.379 e. The Morgan fingerprint density at radius 1 is 1.46 bits per heavy atom. The molecular formula is C9H21N2O2+. The van der Waals surface area contributed by atoms with Crippen molar-refractivity contribution in [3.8, 4) is 0 Å². The second-order valence-corrected chi connectivity index (χ2v) is 3.36. The van der Waals surface area contributed by atoms with Gasteiger partial charge in [0.1, 0.15) is 0 Å². The minimum Gasteiger partial charge on any atom is -0.379 e. The fourth-order valence-corrected chi connectivity index (χ4v) is 0.935. The summed E-state index contributed by atoms with van der Waals surface area (Å²) >= 11 is 0. The molecule has 0 aliphatic rings. The molecule has 0 aliphatic carbocycles. The van der Waals surface area contributed by atoms with Crippen LogP contribution in [0.25, 0.3) is 0 Å². The van der Waals surface area contributed by atoms with Gasteiger partial charge in [-0.3, -0.25) is 4.79 Å². The molecule has 4 N–H and O–H groups in total. The predicted molar refractivity (Wildman–Crippen MR) is 51.2 cm³/mol. The van der Waals surface area contributed by atoms with Crippen molar-refractivity contribution in [2.24, 2.45) is 5.73 Å². The van der Waals surface area contributed by atoms with E-state index in [-0.39, 0.29) is 5.91 Å². The molecule has 0 radical (unpaired) electrons. The van der Waals surface area contributed by atoms with Crippen LogP contribution in [0.1, 0.15) is 26.7 Å². The number of rotatable bonds is 8. The third kappa shape index (κ3) is 11.4. The Morgan fingerprint density at radius 2 is 2.15 bits per heavy atom. The summed E-state index contributed by atoms with van der Waals surface area (Å²) in [5.74, 6) is -0.227. The van der Waals surface area contributed by atoms with Gasteiger partial charge >= 0.3 is 0 Å². The standard InChI is InChI=1S/C9H20N2O2/c1-8(2)13-7-3-5-11-6-4-9(10)12/h8,11H,3-7H2,1-2H3,(H2,10,12)/p+1. The molecule has 0 heterocycles. The van der Waals surface area contributed by atoms with Crippen LogP contribution in [-0.2, 0) is 9.53 Å². The zero-order valence-electron chi connectivity index (χ0n) is 8.58. The van der Waals surface area contributed by atoms with Gasteiger partial charge in [-0.1, -0.05) is 0 Å². The molecule has 0 saturated heterocycles. The molecule has 0 rings (SSSR count). The topological polar surface area (TPSA) is 68.9 Å². The molecular weight excluding hydrogens is 168 g/mol. The fraction of sp³-hybridized carbons (Fsp3) is 0.889. The molecule has 1 amide bonds. The fourth-order valence-electron chi connectivity index (χ4n) is 0.935. The van der Waals surface area contributed by atoms with Crippen LogP contribution in [-0.4, -0.2) is 31.7 Å². The van der Waals surface area contributed by atoms with Crippen molar-refractivity contribution in [3.63, 3.8) is 0 Å². The van der Waals surface area contributed by atoms with Crippen LogP contribution < -0.4 is 11.1 Å². The molecule has 78 valence electrons. The summed E-state index contributed by atoms with van der Waals surface area (Å²) in [6, 6.07) is 0. The Labute approximate surface area is 79.8 Å². The highest BCUT2D eigenvalue weighted by Crippen LogP contribution is 1.87. The Kier molecular flexibility index (Phi) is 7.63. The molecule has 13 heavy (non-hydrogen) atoms. The van der Waals surface area contributed by atoms with E-state index in [4.69, 9.17) is 10.5 Å². The Balaban J connectivity index is 2.96. The van der Waals surface area contributed by atoms with Crippen LogP contribution in [0.5, 0.6) is 0 Å². The molecule has 0 bridgehead atoms. The zero-order valence-corrected chi connectivity index (χ0v) is 8.58. The van der Waals surface area contributed by atoms with Crippen LogP contribution in [0.15, 0.2) is 0 Å². The zero-order chi connectivity index (χ0) is 10.1. The van der Waals surface area contributed by atoms with E-state index >= 15 is 0 Å². The average molecular weight is 189 g/mol. The number of nitrogens with two attached hydrogens (primary N) is 2. The van der Waals surface area contributed by atoms with E-state index in [1.165, 1.54) is 0 Å². The van der Waals surface area contributed by atoms with Gasteiger partial charge in [-0.05, 0) is 13.8 Å². The van der Waals surface area contributed by atoms with Crippen LogP contribution >= 0.6 is 0 Å². The SMILES string of the molecule is CC(C)OCCC[NH2+]CCC(N)=O. The third-order valence-electron chi connectivity index (χ3n) is 1.60. The second-order valence-electron chi connectivity index (χ2n) is 3.36. The molecule has 0 spiro atoms. The van der Waals surface area contributed by atoms with Gasteiger partial charge in [-0.25, -0.2) is 0 Å². The molecule has 0 aliphatic heterocycles. The van der Waals surface area contributed by atoms with Crippen molar-refractivity contribution in [1.82, 2.24) is 0 Å².